The predicted molar refractivity (Wildman–Crippen MR) is 89.9 cm³/mol. The number of rotatable bonds is 3. The Kier molecular flexibility index (Phi) is 3.54. The van der Waals surface area contributed by atoms with Crippen LogP contribution in [0, 0.1) is 0 Å². The number of para-hydroxylation sites is 1. The Morgan fingerprint density at radius 2 is 2.08 bits per heavy atom. The highest BCUT2D eigenvalue weighted by Gasteiger charge is 2.20. The van der Waals surface area contributed by atoms with Crippen LogP contribution in [-0.4, -0.2) is 23.5 Å². The minimum Gasteiger partial charge on any atom is -0.462 e. The maximum atomic E-state index is 12.4. The monoisotopic (exact) mass is 320 g/mol. The van der Waals surface area contributed by atoms with E-state index in [2.05, 4.69) is 10.3 Å². The van der Waals surface area contributed by atoms with E-state index in [1.807, 2.05) is 36.5 Å². The Morgan fingerprint density at radius 1 is 1.21 bits per heavy atom. The summed E-state index contributed by atoms with van der Waals surface area (Å²) in [4.78, 5) is 27.4. The summed E-state index contributed by atoms with van der Waals surface area (Å²) in [6, 6.07) is 13.1. The fourth-order valence-electron chi connectivity index (χ4n) is 3.01. The lowest BCUT2D eigenvalue weighted by Gasteiger charge is -2.16. The highest BCUT2D eigenvalue weighted by Crippen LogP contribution is 2.20. The number of aromatic amines is 1. The van der Waals surface area contributed by atoms with Crippen molar-refractivity contribution in [3.8, 4) is 0 Å². The number of benzene rings is 2. The number of aromatic nitrogens is 1. The highest BCUT2D eigenvalue weighted by atomic mass is 16.5. The Labute approximate surface area is 138 Å². The zero-order chi connectivity index (χ0) is 16.5. The van der Waals surface area contributed by atoms with Crippen LogP contribution in [0.4, 0.5) is 0 Å². The molecular weight excluding hydrogens is 304 g/mol. The number of ether oxygens (including phenoxy) is 1. The van der Waals surface area contributed by atoms with Crippen LogP contribution in [0.3, 0.4) is 0 Å². The van der Waals surface area contributed by atoms with Gasteiger partial charge < -0.3 is 15.0 Å². The van der Waals surface area contributed by atoms with Crippen molar-refractivity contribution in [1.82, 2.24) is 10.3 Å². The summed E-state index contributed by atoms with van der Waals surface area (Å²) in [5, 5.41) is 3.99. The number of cyclic esters (lactones) is 1. The highest BCUT2D eigenvalue weighted by molar-refractivity contribution is 5.99. The van der Waals surface area contributed by atoms with Crippen LogP contribution < -0.4 is 5.32 Å². The van der Waals surface area contributed by atoms with Gasteiger partial charge in [-0.1, -0.05) is 24.3 Å². The molecule has 0 bridgehead atoms. The maximum Gasteiger partial charge on any atom is 0.338 e. The Morgan fingerprint density at radius 3 is 3.00 bits per heavy atom. The number of esters is 1. The molecule has 1 aromatic heterocycles. The number of nitrogens with one attached hydrogen (secondary N) is 2. The van der Waals surface area contributed by atoms with Crippen LogP contribution in [0.5, 0.6) is 0 Å². The zero-order valence-electron chi connectivity index (χ0n) is 13.0. The summed E-state index contributed by atoms with van der Waals surface area (Å²) in [6.07, 6.45) is 2.59. The summed E-state index contributed by atoms with van der Waals surface area (Å²) < 4.78 is 5.03. The zero-order valence-corrected chi connectivity index (χ0v) is 13.0. The van der Waals surface area contributed by atoms with Gasteiger partial charge in [0.1, 0.15) is 0 Å². The Hall–Kier alpha value is -3.08. The molecular formula is C19H16N2O3. The van der Waals surface area contributed by atoms with E-state index in [-0.39, 0.29) is 11.9 Å². The molecule has 1 amide bonds. The lowest BCUT2D eigenvalue weighted by molar-refractivity contribution is 0.0480. The molecule has 0 radical (unpaired) electrons. The summed E-state index contributed by atoms with van der Waals surface area (Å²) in [6.45, 7) is 0.822. The molecule has 0 fully saturated rings. The quantitative estimate of drug-likeness (QED) is 0.729. The predicted octanol–water partition coefficient (Wildman–Crippen LogP) is 2.81. The van der Waals surface area contributed by atoms with Crippen molar-refractivity contribution in [1.29, 1.82) is 0 Å². The first-order valence-corrected chi connectivity index (χ1v) is 7.85. The molecule has 5 heteroatoms. The molecule has 120 valence electrons. The fraction of sp³-hybridized carbons (Fsp3) is 0.158. The number of carbonyl (C=O) groups is 2. The van der Waals surface area contributed by atoms with Gasteiger partial charge >= 0.3 is 5.97 Å². The summed E-state index contributed by atoms with van der Waals surface area (Å²) in [5.41, 5.74) is 3.95. The molecule has 2 aromatic carbocycles. The lowest BCUT2D eigenvalue weighted by atomic mass is 9.99. The van der Waals surface area contributed by atoms with Gasteiger partial charge in [0, 0.05) is 35.6 Å². The maximum absolute atomic E-state index is 12.4. The summed E-state index contributed by atoms with van der Waals surface area (Å²) >= 11 is 0. The molecule has 2 N–H and O–H groups in total. The molecule has 0 saturated carbocycles. The van der Waals surface area contributed by atoms with Crippen molar-refractivity contribution < 1.29 is 14.3 Å². The normalized spacial score (nSPS) is 13.4. The first kappa shape index (κ1) is 14.5. The molecule has 0 saturated heterocycles. The first-order valence-electron chi connectivity index (χ1n) is 7.85. The van der Waals surface area contributed by atoms with E-state index < -0.39 is 0 Å². The topological polar surface area (TPSA) is 71.2 Å². The van der Waals surface area contributed by atoms with Crippen molar-refractivity contribution >= 4 is 22.8 Å². The van der Waals surface area contributed by atoms with Crippen LogP contribution in [0.25, 0.3) is 10.9 Å². The first-order chi connectivity index (χ1) is 11.7. The largest absolute Gasteiger partial charge is 0.462 e. The van der Waals surface area contributed by atoms with Crippen LogP contribution >= 0.6 is 0 Å². The molecule has 0 unspecified atom stereocenters. The van der Waals surface area contributed by atoms with Gasteiger partial charge in [-0.05, 0) is 29.3 Å². The second-order valence-electron chi connectivity index (χ2n) is 5.80. The SMILES string of the molecule is O=C(NCc1c[nH]c2ccccc12)c1ccc2c(c1)C(=O)OCC2. The van der Waals surface area contributed by atoms with Crippen molar-refractivity contribution in [2.24, 2.45) is 0 Å². The van der Waals surface area contributed by atoms with Gasteiger partial charge in [0.05, 0.1) is 12.2 Å². The van der Waals surface area contributed by atoms with Crippen molar-refractivity contribution in [3.63, 3.8) is 0 Å². The third kappa shape index (κ3) is 2.54. The minimum atomic E-state index is -0.359. The van der Waals surface area contributed by atoms with Gasteiger partial charge in [-0.25, -0.2) is 4.79 Å². The van der Waals surface area contributed by atoms with Crippen LogP contribution in [-0.2, 0) is 17.7 Å². The van der Waals surface area contributed by atoms with E-state index >= 15 is 0 Å². The number of hydrogen-bond acceptors (Lipinski definition) is 3. The smallest absolute Gasteiger partial charge is 0.338 e. The van der Waals surface area contributed by atoms with Gasteiger partial charge in [0.15, 0.2) is 0 Å². The fourth-order valence-corrected chi connectivity index (χ4v) is 3.01. The van der Waals surface area contributed by atoms with Gasteiger partial charge in [-0.15, -0.1) is 0 Å². The molecule has 0 aliphatic carbocycles. The molecule has 24 heavy (non-hydrogen) atoms. The van der Waals surface area contributed by atoms with E-state index in [1.165, 1.54) is 0 Å². The third-order valence-electron chi connectivity index (χ3n) is 4.31. The standard InChI is InChI=1S/C19H16N2O3/c22-18(13-6-5-12-7-8-24-19(23)16(12)9-13)21-11-14-10-20-17-4-2-1-3-15(14)17/h1-6,9-10,20H,7-8,11H2,(H,21,22). The average molecular weight is 320 g/mol. The van der Waals surface area contributed by atoms with Gasteiger partial charge in [-0.2, -0.15) is 0 Å². The van der Waals surface area contributed by atoms with E-state index in [9.17, 15) is 9.59 Å². The minimum absolute atomic E-state index is 0.207. The van der Waals surface area contributed by atoms with Crippen molar-refractivity contribution in [2.75, 3.05) is 6.61 Å². The van der Waals surface area contributed by atoms with E-state index in [1.54, 1.807) is 12.1 Å². The molecule has 4 rings (SSSR count). The van der Waals surface area contributed by atoms with Crippen molar-refractivity contribution in [2.45, 2.75) is 13.0 Å². The molecule has 1 aliphatic heterocycles. The van der Waals surface area contributed by atoms with Crippen LogP contribution in [0.15, 0.2) is 48.7 Å². The molecule has 2 heterocycles. The second-order valence-corrected chi connectivity index (χ2v) is 5.80. The number of fused-ring (bicyclic) bond motifs is 2. The molecule has 0 atom stereocenters. The molecule has 3 aromatic rings. The molecule has 5 nitrogen and oxygen atoms in total. The van der Waals surface area contributed by atoms with Gasteiger partial charge in [0.25, 0.3) is 5.91 Å². The van der Waals surface area contributed by atoms with Crippen LogP contribution in [0.1, 0.15) is 31.8 Å². The number of H-pyrrole nitrogens is 1. The van der Waals surface area contributed by atoms with E-state index in [4.69, 9.17) is 4.74 Å². The number of carbonyl (C=O) groups excluding carboxylic acids is 2. The summed E-state index contributed by atoms with van der Waals surface area (Å²) in [5.74, 6) is -0.566. The van der Waals surface area contributed by atoms with E-state index in [0.717, 1.165) is 22.0 Å². The third-order valence-corrected chi connectivity index (χ3v) is 4.31. The second kappa shape index (κ2) is 5.85. The Bertz CT molecular complexity index is 943. The average Bonchev–Trinajstić information content (AvgIpc) is 3.03. The Balaban J connectivity index is 1.52. The summed E-state index contributed by atoms with van der Waals surface area (Å²) in [7, 11) is 0. The van der Waals surface area contributed by atoms with Crippen LogP contribution in [0.2, 0.25) is 0 Å². The lowest BCUT2D eigenvalue weighted by Crippen LogP contribution is -2.24. The number of amides is 1. The molecule has 0 spiro atoms. The van der Waals surface area contributed by atoms with Gasteiger partial charge in [0.2, 0.25) is 0 Å². The van der Waals surface area contributed by atoms with Gasteiger partial charge in [-0.3, -0.25) is 4.79 Å². The van der Waals surface area contributed by atoms with Crippen molar-refractivity contribution in [3.05, 3.63) is 70.9 Å². The molecule has 1 aliphatic rings. The number of hydrogen-bond donors (Lipinski definition) is 2. The van der Waals surface area contributed by atoms with E-state index in [0.29, 0.717) is 30.7 Å².